The molecule has 1 saturated heterocycles. The van der Waals surface area contributed by atoms with Crippen LogP contribution in [0.25, 0.3) is 6.08 Å². The smallest absolute Gasteiger partial charge is 0.335 e. The predicted molar refractivity (Wildman–Crippen MR) is 119 cm³/mol. The zero-order chi connectivity index (χ0) is 22.5. The second kappa shape index (κ2) is 9.41. The van der Waals surface area contributed by atoms with Crippen molar-refractivity contribution in [1.29, 1.82) is 5.26 Å². The fourth-order valence-corrected chi connectivity index (χ4v) is 3.33. The summed E-state index contributed by atoms with van der Waals surface area (Å²) in [6, 6.07) is 11.2. The van der Waals surface area contributed by atoms with E-state index in [4.69, 9.17) is 10.00 Å². The summed E-state index contributed by atoms with van der Waals surface area (Å²) in [6.45, 7) is 5.44. The number of benzene rings is 2. The van der Waals surface area contributed by atoms with Crippen LogP contribution in [0, 0.1) is 18.3 Å². The third-order valence-corrected chi connectivity index (χ3v) is 5.44. The summed E-state index contributed by atoms with van der Waals surface area (Å²) in [6.07, 6.45) is 3.57. The monoisotopic (exact) mass is 479 g/mol. The van der Waals surface area contributed by atoms with Gasteiger partial charge in [0.05, 0.1) is 5.69 Å². The molecule has 0 radical (unpaired) electrons. The molecule has 8 heteroatoms. The highest BCUT2D eigenvalue weighted by molar-refractivity contribution is 9.10. The van der Waals surface area contributed by atoms with Gasteiger partial charge in [-0.15, -0.1) is 6.58 Å². The maximum absolute atomic E-state index is 13.1. The molecule has 1 fully saturated rings. The first-order valence-electron chi connectivity index (χ1n) is 9.27. The van der Waals surface area contributed by atoms with E-state index in [0.717, 1.165) is 20.5 Å². The highest BCUT2D eigenvalue weighted by atomic mass is 79.9. The summed E-state index contributed by atoms with van der Waals surface area (Å²) in [5.41, 5.74) is 2.34. The van der Waals surface area contributed by atoms with E-state index in [9.17, 15) is 14.4 Å². The molecule has 7 nitrogen and oxygen atoms in total. The minimum absolute atomic E-state index is 0.102. The second-order valence-corrected chi connectivity index (χ2v) is 7.55. The van der Waals surface area contributed by atoms with Gasteiger partial charge < -0.3 is 4.74 Å². The van der Waals surface area contributed by atoms with E-state index < -0.39 is 17.8 Å². The maximum Gasteiger partial charge on any atom is 0.335 e. The first-order chi connectivity index (χ1) is 14.8. The number of imide groups is 2. The van der Waals surface area contributed by atoms with Gasteiger partial charge in [0.25, 0.3) is 11.8 Å². The molecule has 1 N–H and O–H groups in total. The fourth-order valence-electron chi connectivity index (χ4n) is 3.08. The molecule has 0 spiro atoms. The zero-order valence-electron chi connectivity index (χ0n) is 16.6. The van der Waals surface area contributed by atoms with Crippen molar-refractivity contribution in [2.24, 2.45) is 0 Å². The van der Waals surface area contributed by atoms with Crippen LogP contribution in [-0.2, 0) is 16.0 Å². The van der Waals surface area contributed by atoms with Crippen LogP contribution < -0.4 is 15.0 Å². The van der Waals surface area contributed by atoms with Crippen LogP contribution >= 0.6 is 15.9 Å². The molecule has 2 aromatic rings. The van der Waals surface area contributed by atoms with Crippen molar-refractivity contribution < 1.29 is 19.1 Å². The van der Waals surface area contributed by atoms with Crippen molar-refractivity contribution in [3.63, 3.8) is 0 Å². The van der Waals surface area contributed by atoms with Crippen LogP contribution in [0.4, 0.5) is 10.5 Å². The van der Waals surface area contributed by atoms with Gasteiger partial charge in [-0.3, -0.25) is 14.9 Å². The van der Waals surface area contributed by atoms with Crippen LogP contribution in [0.5, 0.6) is 5.75 Å². The number of carbonyl (C=O) groups is 3. The Balaban J connectivity index is 1.99. The molecular weight excluding hydrogens is 462 g/mol. The van der Waals surface area contributed by atoms with Crippen molar-refractivity contribution in [3.8, 4) is 11.8 Å². The molecule has 0 bridgehead atoms. The number of carbonyl (C=O) groups excluding carboxylic acids is 3. The van der Waals surface area contributed by atoms with Gasteiger partial charge >= 0.3 is 6.03 Å². The lowest BCUT2D eigenvalue weighted by atomic mass is 10.0. The summed E-state index contributed by atoms with van der Waals surface area (Å²) in [5.74, 6) is -0.967. The van der Waals surface area contributed by atoms with E-state index in [1.807, 2.05) is 13.0 Å². The van der Waals surface area contributed by atoms with E-state index in [1.165, 1.54) is 6.08 Å². The van der Waals surface area contributed by atoms with Crippen LogP contribution in [0.1, 0.15) is 16.7 Å². The molecule has 1 heterocycles. The van der Waals surface area contributed by atoms with E-state index in [2.05, 4.69) is 27.8 Å². The number of halogens is 1. The highest BCUT2D eigenvalue weighted by Gasteiger charge is 2.36. The molecule has 0 unspecified atom stereocenters. The van der Waals surface area contributed by atoms with Crippen molar-refractivity contribution in [3.05, 3.63) is 75.8 Å². The molecule has 1 aliphatic heterocycles. The lowest BCUT2D eigenvalue weighted by Gasteiger charge is -2.26. The summed E-state index contributed by atoms with van der Waals surface area (Å²) in [7, 11) is 0. The number of ether oxygens (including phenoxy) is 1. The van der Waals surface area contributed by atoms with Gasteiger partial charge in [0, 0.05) is 4.47 Å². The van der Waals surface area contributed by atoms with E-state index in [1.54, 1.807) is 42.5 Å². The van der Waals surface area contributed by atoms with E-state index >= 15 is 0 Å². The average molecular weight is 480 g/mol. The Kier molecular flexibility index (Phi) is 6.68. The lowest BCUT2D eigenvalue weighted by Crippen LogP contribution is -2.54. The topological polar surface area (TPSA) is 99.5 Å². The van der Waals surface area contributed by atoms with Gasteiger partial charge in [-0.25, -0.2) is 9.69 Å². The van der Waals surface area contributed by atoms with Crippen molar-refractivity contribution in [2.45, 2.75) is 13.3 Å². The first kappa shape index (κ1) is 22.0. The molecule has 0 saturated carbocycles. The van der Waals surface area contributed by atoms with Gasteiger partial charge in [0.15, 0.2) is 6.61 Å². The molecule has 3 rings (SSSR count). The summed E-state index contributed by atoms with van der Waals surface area (Å²) < 4.78 is 6.24. The van der Waals surface area contributed by atoms with E-state index in [-0.39, 0.29) is 12.2 Å². The maximum atomic E-state index is 13.1. The number of nitrogens with one attached hydrogen (secondary N) is 1. The van der Waals surface area contributed by atoms with Crippen molar-refractivity contribution in [2.75, 3.05) is 11.5 Å². The van der Waals surface area contributed by atoms with Gasteiger partial charge in [0.2, 0.25) is 0 Å². The number of aryl methyl sites for hydroxylation is 1. The minimum Gasteiger partial charge on any atom is -0.478 e. The quantitative estimate of drug-likeness (QED) is 0.382. The summed E-state index contributed by atoms with van der Waals surface area (Å²) >= 11 is 3.39. The summed E-state index contributed by atoms with van der Waals surface area (Å²) in [4.78, 5) is 38.8. The Hall–Kier alpha value is -3.70. The van der Waals surface area contributed by atoms with Gasteiger partial charge in [-0.2, -0.15) is 5.26 Å². The van der Waals surface area contributed by atoms with Crippen molar-refractivity contribution >= 4 is 45.5 Å². The molecule has 0 aliphatic carbocycles. The number of hydrogen-bond acceptors (Lipinski definition) is 5. The number of allylic oxidation sites excluding steroid dienone is 1. The van der Waals surface area contributed by atoms with Gasteiger partial charge in [-0.1, -0.05) is 28.1 Å². The minimum atomic E-state index is -0.804. The largest absolute Gasteiger partial charge is 0.478 e. The Morgan fingerprint density at radius 2 is 2.00 bits per heavy atom. The number of nitriles is 1. The van der Waals surface area contributed by atoms with Crippen LogP contribution in [0.15, 0.2) is 59.1 Å². The lowest BCUT2D eigenvalue weighted by molar-refractivity contribution is -0.122. The van der Waals surface area contributed by atoms with Crippen LogP contribution in [-0.4, -0.2) is 24.5 Å². The molecule has 0 atom stereocenters. The standard InChI is InChI=1S/C23H18BrN3O4/c1-3-4-16-12-15(5-8-20(16)31-10-9-25)13-18-21(28)26-23(30)27(22(18)29)17-6-7-19(24)14(2)11-17/h3,5-8,11-13H,1,4,10H2,2H3,(H,26,28,30)/b18-13+. The number of anilines is 1. The van der Waals surface area contributed by atoms with Crippen LogP contribution in [0.3, 0.4) is 0 Å². The number of barbiturate groups is 1. The van der Waals surface area contributed by atoms with E-state index in [0.29, 0.717) is 23.4 Å². The number of rotatable bonds is 6. The molecular formula is C23H18BrN3O4. The molecule has 2 aromatic carbocycles. The molecule has 156 valence electrons. The Labute approximate surface area is 187 Å². The Morgan fingerprint density at radius 3 is 2.68 bits per heavy atom. The first-order valence-corrected chi connectivity index (χ1v) is 10.1. The molecule has 1 aliphatic rings. The molecule has 0 aromatic heterocycles. The normalized spacial score (nSPS) is 14.9. The number of amides is 4. The van der Waals surface area contributed by atoms with Crippen LogP contribution in [0.2, 0.25) is 0 Å². The van der Waals surface area contributed by atoms with Gasteiger partial charge in [-0.05, 0) is 66.4 Å². The predicted octanol–water partition coefficient (Wildman–Crippen LogP) is 4.05. The second-order valence-electron chi connectivity index (χ2n) is 6.70. The van der Waals surface area contributed by atoms with Crippen molar-refractivity contribution in [1.82, 2.24) is 5.32 Å². The van der Waals surface area contributed by atoms with Gasteiger partial charge in [0.1, 0.15) is 17.4 Å². The summed E-state index contributed by atoms with van der Waals surface area (Å²) in [5, 5.41) is 10.9. The number of urea groups is 1. The SMILES string of the molecule is C=CCc1cc(/C=C2\C(=O)NC(=O)N(c3ccc(Br)c(C)c3)C2=O)ccc1OCC#N. The molecule has 31 heavy (non-hydrogen) atoms. The average Bonchev–Trinajstić information content (AvgIpc) is 2.73. The number of nitrogens with zero attached hydrogens (tertiary/aromatic N) is 2. The number of hydrogen-bond donors (Lipinski definition) is 1. The third kappa shape index (κ3) is 4.73. The third-order valence-electron chi connectivity index (χ3n) is 4.55. The Morgan fingerprint density at radius 1 is 1.23 bits per heavy atom. The highest BCUT2D eigenvalue weighted by Crippen LogP contribution is 2.27. The Bertz CT molecular complexity index is 1160. The zero-order valence-corrected chi connectivity index (χ0v) is 18.2. The molecule has 4 amide bonds. The fraction of sp³-hybridized carbons (Fsp3) is 0.130.